The quantitative estimate of drug-likeness (QED) is 0.199. The predicted molar refractivity (Wildman–Crippen MR) is 106 cm³/mol. The summed E-state index contributed by atoms with van der Waals surface area (Å²) in [5, 5.41) is 0. The lowest BCUT2D eigenvalue weighted by molar-refractivity contribution is 0.300. The molecule has 4 heteroatoms. The Hall–Kier alpha value is 0.722. The Labute approximate surface area is 150 Å². The maximum atomic E-state index is 12.9. The Morgan fingerprint density at radius 1 is 0.636 bits per heavy atom. The Kier molecular flexibility index (Phi) is 20.5. The average Bonchev–Trinajstić information content (AvgIpc) is 2.48. The van der Waals surface area contributed by atoms with Crippen LogP contribution in [0, 0.1) is 0 Å². The zero-order valence-electron chi connectivity index (χ0n) is 14.9. The van der Waals surface area contributed by atoms with Crippen LogP contribution in [0.2, 0.25) is 0 Å². The van der Waals surface area contributed by atoms with Gasteiger partial charge in [0.05, 0.1) is 6.61 Å². The third kappa shape index (κ3) is 15.6. The van der Waals surface area contributed by atoms with Crippen molar-refractivity contribution in [3.8, 4) is 0 Å². The molecule has 0 amide bonds. The molecule has 0 radical (unpaired) electrons. The SMILES string of the molecule is CCCCCCOP(=O)(CCCCCC)CCCCCC.[AlH3]. The van der Waals surface area contributed by atoms with Crippen molar-refractivity contribution in [3.63, 3.8) is 0 Å². The summed E-state index contributed by atoms with van der Waals surface area (Å²) in [7, 11) is -2.35. The lowest BCUT2D eigenvalue weighted by Gasteiger charge is -2.19. The van der Waals surface area contributed by atoms with E-state index < -0.39 is 7.37 Å². The van der Waals surface area contributed by atoms with Gasteiger partial charge in [-0.2, -0.15) is 0 Å². The Morgan fingerprint density at radius 3 is 1.45 bits per heavy atom. The third-order valence-corrected chi connectivity index (χ3v) is 6.68. The summed E-state index contributed by atoms with van der Waals surface area (Å²) in [5.41, 5.74) is 0. The van der Waals surface area contributed by atoms with Crippen LogP contribution < -0.4 is 0 Å². The molecule has 2 nitrogen and oxygen atoms in total. The highest BCUT2D eigenvalue weighted by Gasteiger charge is 2.21. The minimum Gasteiger partial charge on any atom is -0.328 e. The molecule has 0 saturated heterocycles. The van der Waals surface area contributed by atoms with Gasteiger partial charge in [-0.3, -0.25) is 4.57 Å². The fourth-order valence-electron chi connectivity index (χ4n) is 2.56. The summed E-state index contributed by atoms with van der Waals surface area (Å²) in [5.74, 6) is 0. The zero-order chi connectivity index (χ0) is 15.8. The van der Waals surface area contributed by atoms with Crippen molar-refractivity contribution in [2.75, 3.05) is 18.9 Å². The van der Waals surface area contributed by atoms with Gasteiger partial charge in [0.25, 0.3) is 0 Å². The van der Waals surface area contributed by atoms with Gasteiger partial charge >= 0.3 is 0 Å². The Morgan fingerprint density at radius 2 is 1.05 bits per heavy atom. The largest absolute Gasteiger partial charge is 0.328 e. The average molecular weight is 348 g/mol. The predicted octanol–water partition coefficient (Wildman–Crippen LogP) is 5.84. The first-order valence-corrected chi connectivity index (χ1v) is 11.4. The van der Waals surface area contributed by atoms with E-state index >= 15 is 0 Å². The van der Waals surface area contributed by atoms with E-state index in [0.29, 0.717) is 6.61 Å². The molecule has 0 unspecified atom stereocenters. The second-order valence-corrected chi connectivity index (χ2v) is 9.06. The van der Waals surface area contributed by atoms with E-state index in [9.17, 15) is 4.57 Å². The van der Waals surface area contributed by atoms with Gasteiger partial charge in [-0.15, -0.1) is 0 Å². The monoisotopic (exact) mass is 348 g/mol. The molecule has 0 aromatic heterocycles. The third-order valence-electron chi connectivity index (χ3n) is 4.03. The van der Waals surface area contributed by atoms with Crippen molar-refractivity contribution in [2.24, 2.45) is 0 Å². The first kappa shape index (κ1) is 25.0. The van der Waals surface area contributed by atoms with Gasteiger partial charge in [0.1, 0.15) is 0 Å². The summed E-state index contributed by atoms with van der Waals surface area (Å²) < 4.78 is 18.8. The lowest BCUT2D eigenvalue weighted by Crippen LogP contribution is -2.03. The minimum atomic E-state index is -2.35. The fraction of sp³-hybridized carbons (Fsp3) is 1.00. The van der Waals surface area contributed by atoms with Crippen LogP contribution in [0.5, 0.6) is 0 Å². The molecule has 0 rings (SSSR count). The standard InChI is InChI=1S/C18H39O2P.Al.3H/c1-4-7-10-13-16-20-21(19,17-14-11-8-5-2)18-15-12-9-6-3;;;;/h4-18H2,1-3H3;;;;. The zero-order valence-corrected chi connectivity index (χ0v) is 15.8. The number of hydrogen-bond acceptors (Lipinski definition) is 2. The maximum absolute atomic E-state index is 12.9. The van der Waals surface area contributed by atoms with Crippen LogP contribution in [-0.4, -0.2) is 36.3 Å². The van der Waals surface area contributed by atoms with Gasteiger partial charge in [0, 0.05) is 12.3 Å². The van der Waals surface area contributed by atoms with E-state index in [-0.39, 0.29) is 17.4 Å². The highest BCUT2D eigenvalue weighted by Crippen LogP contribution is 2.49. The second kappa shape index (κ2) is 18.1. The van der Waals surface area contributed by atoms with Crippen LogP contribution in [0.4, 0.5) is 0 Å². The van der Waals surface area contributed by atoms with E-state index in [2.05, 4.69) is 20.8 Å². The smallest absolute Gasteiger partial charge is 0.203 e. The van der Waals surface area contributed by atoms with Crippen LogP contribution in [0.1, 0.15) is 97.8 Å². The van der Waals surface area contributed by atoms with E-state index in [0.717, 1.165) is 31.6 Å². The van der Waals surface area contributed by atoms with Crippen molar-refractivity contribution in [2.45, 2.75) is 97.8 Å². The van der Waals surface area contributed by atoms with Crippen LogP contribution in [0.25, 0.3) is 0 Å². The molecule has 0 spiro atoms. The molecule has 0 aliphatic rings. The molecule has 0 bridgehead atoms. The normalized spacial score (nSPS) is 11.4. The molecule has 0 atom stereocenters. The second-order valence-electron chi connectivity index (χ2n) is 6.28. The summed E-state index contributed by atoms with van der Waals surface area (Å²) in [6, 6.07) is 0. The molecule has 0 N–H and O–H groups in total. The number of unbranched alkanes of at least 4 members (excludes halogenated alkanes) is 9. The van der Waals surface area contributed by atoms with Crippen LogP contribution >= 0.6 is 7.37 Å². The topological polar surface area (TPSA) is 26.3 Å². The van der Waals surface area contributed by atoms with Gasteiger partial charge in [0.2, 0.25) is 7.37 Å². The molecule has 0 aliphatic heterocycles. The molecular formula is C18H42AlO2P. The van der Waals surface area contributed by atoms with Crippen molar-refractivity contribution < 1.29 is 9.09 Å². The highest BCUT2D eigenvalue weighted by atomic mass is 31.2. The molecule has 22 heavy (non-hydrogen) atoms. The molecule has 0 fully saturated rings. The Balaban J connectivity index is 0. The maximum Gasteiger partial charge on any atom is 0.203 e. The molecular weight excluding hydrogens is 306 g/mol. The van der Waals surface area contributed by atoms with Gasteiger partial charge in [-0.25, -0.2) is 0 Å². The summed E-state index contributed by atoms with van der Waals surface area (Å²) in [4.78, 5) is 0. The molecule has 0 aromatic rings. The van der Waals surface area contributed by atoms with E-state index in [1.165, 1.54) is 57.8 Å². The lowest BCUT2D eigenvalue weighted by atomic mass is 10.2. The molecule has 0 saturated carbocycles. The molecule has 134 valence electrons. The Bertz CT molecular complexity index is 243. The van der Waals surface area contributed by atoms with Gasteiger partial charge in [0.15, 0.2) is 17.4 Å². The van der Waals surface area contributed by atoms with Gasteiger partial charge in [-0.1, -0.05) is 78.6 Å². The van der Waals surface area contributed by atoms with Gasteiger partial charge < -0.3 is 4.52 Å². The molecule has 0 aromatic carbocycles. The van der Waals surface area contributed by atoms with E-state index in [4.69, 9.17) is 4.52 Å². The first-order valence-electron chi connectivity index (χ1n) is 9.41. The van der Waals surface area contributed by atoms with Crippen LogP contribution in [-0.2, 0) is 9.09 Å². The van der Waals surface area contributed by atoms with Gasteiger partial charge in [-0.05, 0) is 19.3 Å². The molecule has 0 aliphatic carbocycles. The summed E-state index contributed by atoms with van der Waals surface area (Å²) in [6.07, 6.45) is 16.0. The van der Waals surface area contributed by atoms with Crippen molar-refractivity contribution in [1.29, 1.82) is 0 Å². The van der Waals surface area contributed by atoms with Crippen LogP contribution in [0.15, 0.2) is 0 Å². The van der Waals surface area contributed by atoms with E-state index in [1.807, 2.05) is 0 Å². The summed E-state index contributed by atoms with van der Waals surface area (Å²) >= 11 is 0. The van der Waals surface area contributed by atoms with Crippen LogP contribution in [0.3, 0.4) is 0 Å². The fourth-order valence-corrected chi connectivity index (χ4v) is 4.91. The molecule has 0 heterocycles. The number of rotatable bonds is 16. The first-order chi connectivity index (χ1) is 10.2. The highest BCUT2D eigenvalue weighted by molar-refractivity contribution is 7.58. The van der Waals surface area contributed by atoms with Crippen molar-refractivity contribution >= 4 is 24.7 Å². The minimum absolute atomic E-state index is 0. The van der Waals surface area contributed by atoms with Crippen molar-refractivity contribution in [1.82, 2.24) is 0 Å². The number of hydrogen-bond donors (Lipinski definition) is 0. The van der Waals surface area contributed by atoms with E-state index in [1.54, 1.807) is 0 Å². The summed E-state index contributed by atoms with van der Waals surface area (Å²) in [6.45, 7) is 7.36. The van der Waals surface area contributed by atoms with Crippen molar-refractivity contribution in [3.05, 3.63) is 0 Å².